The van der Waals surface area contributed by atoms with Gasteiger partial charge in [-0.15, -0.1) is 11.3 Å². The minimum atomic E-state index is -0.0568. The molecule has 1 N–H and O–H groups in total. The van der Waals surface area contributed by atoms with E-state index in [4.69, 9.17) is 4.74 Å². The smallest absolute Gasteiger partial charge is 0.116 e. The zero-order valence-corrected chi connectivity index (χ0v) is 16.4. The van der Waals surface area contributed by atoms with Gasteiger partial charge in [-0.05, 0) is 48.5 Å². The van der Waals surface area contributed by atoms with Crippen LogP contribution < -0.4 is 4.90 Å². The number of phenols is 1. The van der Waals surface area contributed by atoms with Crippen molar-refractivity contribution in [3.63, 3.8) is 0 Å². The lowest BCUT2D eigenvalue weighted by molar-refractivity contribution is -0.0648. The molecule has 0 unspecified atom stereocenters. The molecule has 0 amide bonds. The van der Waals surface area contributed by atoms with Crippen molar-refractivity contribution in [2.24, 2.45) is 5.41 Å². The summed E-state index contributed by atoms with van der Waals surface area (Å²) in [5, 5.41) is 12.0. The molecule has 3 heterocycles. The zero-order valence-electron chi connectivity index (χ0n) is 14.8. The van der Waals surface area contributed by atoms with E-state index in [1.54, 1.807) is 23.5 Å². The molecule has 0 saturated carbocycles. The normalized spacial score (nSPS) is 19.5. The Morgan fingerprint density at radius 3 is 2.65 bits per heavy atom. The number of anilines is 1. The zero-order chi connectivity index (χ0) is 18.0. The number of piperazine rings is 1. The van der Waals surface area contributed by atoms with Gasteiger partial charge in [-0.25, -0.2) is 4.31 Å². The van der Waals surface area contributed by atoms with E-state index in [1.165, 1.54) is 4.21 Å². The molecule has 4 nitrogen and oxygen atoms in total. The number of rotatable bonds is 3. The first kappa shape index (κ1) is 17.7. The van der Waals surface area contributed by atoms with Gasteiger partial charge in [0.25, 0.3) is 0 Å². The van der Waals surface area contributed by atoms with Crippen molar-refractivity contribution in [3.05, 3.63) is 41.3 Å². The average molecular weight is 387 g/mol. The van der Waals surface area contributed by atoms with E-state index in [0.29, 0.717) is 13.2 Å². The Bertz CT molecular complexity index is 814. The van der Waals surface area contributed by atoms with Crippen molar-refractivity contribution in [1.82, 2.24) is 4.31 Å². The molecular formula is C20H22N2O2S2. The van der Waals surface area contributed by atoms with Crippen LogP contribution in [0.15, 0.2) is 39.9 Å². The van der Waals surface area contributed by atoms with E-state index in [2.05, 4.69) is 45.5 Å². The topological polar surface area (TPSA) is 35.9 Å². The van der Waals surface area contributed by atoms with E-state index in [-0.39, 0.29) is 11.2 Å². The molecule has 0 spiro atoms. The quantitative estimate of drug-likeness (QED) is 0.643. The fraction of sp³-hybridized carbons (Fsp3) is 0.400. The maximum Gasteiger partial charge on any atom is 0.116 e. The van der Waals surface area contributed by atoms with E-state index < -0.39 is 0 Å². The molecule has 2 saturated heterocycles. The van der Waals surface area contributed by atoms with Gasteiger partial charge in [0.2, 0.25) is 0 Å². The maximum absolute atomic E-state index is 9.90. The van der Waals surface area contributed by atoms with Crippen LogP contribution in [0.4, 0.5) is 5.69 Å². The Morgan fingerprint density at radius 2 is 2.00 bits per heavy atom. The fourth-order valence-corrected chi connectivity index (χ4v) is 4.90. The summed E-state index contributed by atoms with van der Waals surface area (Å²) in [6.07, 6.45) is 0. The highest BCUT2D eigenvalue weighted by atomic mass is 32.2. The molecule has 0 aliphatic carbocycles. The van der Waals surface area contributed by atoms with Crippen molar-refractivity contribution < 1.29 is 9.84 Å². The number of phenolic OH excluding ortho intramolecular Hbond substituents is 1. The Balaban J connectivity index is 1.46. The van der Waals surface area contributed by atoms with E-state index in [1.807, 2.05) is 18.0 Å². The second kappa shape index (κ2) is 7.53. The van der Waals surface area contributed by atoms with Gasteiger partial charge in [0, 0.05) is 26.2 Å². The first-order valence-corrected chi connectivity index (χ1v) is 10.4. The number of nitrogens with zero attached hydrogens (tertiary/aromatic N) is 2. The first-order chi connectivity index (χ1) is 12.6. The van der Waals surface area contributed by atoms with Crippen molar-refractivity contribution in [2.75, 3.05) is 44.3 Å². The van der Waals surface area contributed by atoms with Crippen LogP contribution in [-0.4, -0.2) is 48.8 Å². The summed E-state index contributed by atoms with van der Waals surface area (Å²) in [4.78, 5) is 2.37. The van der Waals surface area contributed by atoms with Crippen LogP contribution in [0, 0.1) is 17.3 Å². The average Bonchev–Trinajstić information content (AvgIpc) is 3.12. The molecule has 136 valence electrons. The highest BCUT2D eigenvalue weighted by molar-refractivity contribution is 7.98. The van der Waals surface area contributed by atoms with Crippen molar-refractivity contribution in [2.45, 2.75) is 11.1 Å². The van der Waals surface area contributed by atoms with Crippen LogP contribution in [0.5, 0.6) is 5.75 Å². The number of aromatic hydroxyl groups is 1. The molecular weight excluding hydrogens is 364 g/mol. The van der Waals surface area contributed by atoms with E-state index >= 15 is 0 Å². The molecule has 0 bridgehead atoms. The summed E-state index contributed by atoms with van der Waals surface area (Å²) >= 11 is 3.63. The molecule has 0 atom stereocenters. The van der Waals surface area contributed by atoms with Gasteiger partial charge in [0.05, 0.1) is 34.1 Å². The minimum absolute atomic E-state index is 0.0568. The van der Waals surface area contributed by atoms with Gasteiger partial charge in [0.1, 0.15) is 5.75 Å². The SMILES string of the molecule is CC1(C#Cc2cc(O)ccc2N2CCN(Sc3cccs3)CC2)COC1. The Morgan fingerprint density at radius 1 is 1.19 bits per heavy atom. The van der Waals surface area contributed by atoms with Crippen LogP contribution in [0.2, 0.25) is 0 Å². The molecule has 0 radical (unpaired) electrons. The molecule has 1 aromatic carbocycles. The summed E-state index contributed by atoms with van der Waals surface area (Å²) < 4.78 is 9.04. The third kappa shape index (κ3) is 4.02. The minimum Gasteiger partial charge on any atom is -0.508 e. The number of thiophene rings is 1. The van der Waals surface area contributed by atoms with E-state index in [9.17, 15) is 5.11 Å². The van der Waals surface area contributed by atoms with Crippen molar-refractivity contribution in [3.8, 4) is 17.6 Å². The second-order valence-corrected chi connectivity index (χ2v) is 9.29. The van der Waals surface area contributed by atoms with E-state index in [0.717, 1.165) is 37.4 Å². The summed E-state index contributed by atoms with van der Waals surface area (Å²) in [7, 11) is 0. The highest BCUT2D eigenvalue weighted by Crippen LogP contribution is 2.31. The largest absolute Gasteiger partial charge is 0.508 e. The van der Waals surface area contributed by atoms with Gasteiger partial charge in [0.15, 0.2) is 0 Å². The van der Waals surface area contributed by atoms with Crippen molar-refractivity contribution in [1.29, 1.82) is 0 Å². The standard InChI is InChI=1S/C20H22N2O2S2/c1-20(14-24-15-20)7-6-16-13-17(23)4-5-18(16)21-8-10-22(11-9-21)26-19-3-2-12-25-19/h2-5,12-13,23H,8-11,14-15H2,1H3. The summed E-state index contributed by atoms with van der Waals surface area (Å²) in [6.45, 7) is 7.41. The van der Waals surface area contributed by atoms with Gasteiger partial charge >= 0.3 is 0 Å². The van der Waals surface area contributed by atoms with Gasteiger partial charge in [-0.3, -0.25) is 0 Å². The van der Waals surface area contributed by atoms with Gasteiger partial charge in [-0.1, -0.05) is 17.9 Å². The molecule has 2 fully saturated rings. The predicted molar refractivity (Wildman–Crippen MR) is 108 cm³/mol. The summed E-state index contributed by atoms with van der Waals surface area (Å²) in [6, 6.07) is 9.78. The molecule has 4 rings (SSSR count). The lowest BCUT2D eigenvalue weighted by Gasteiger charge is -2.35. The molecule has 1 aromatic heterocycles. The van der Waals surface area contributed by atoms with Gasteiger partial charge in [-0.2, -0.15) is 0 Å². The van der Waals surface area contributed by atoms with Crippen LogP contribution in [0.3, 0.4) is 0 Å². The highest BCUT2D eigenvalue weighted by Gasteiger charge is 2.31. The Kier molecular flexibility index (Phi) is 5.14. The summed E-state index contributed by atoms with van der Waals surface area (Å²) in [5.74, 6) is 6.89. The third-order valence-electron chi connectivity index (χ3n) is 4.61. The number of hydrogen-bond donors (Lipinski definition) is 1. The van der Waals surface area contributed by atoms with Crippen LogP contribution in [0.1, 0.15) is 12.5 Å². The first-order valence-electron chi connectivity index (χ1n) is 8.77. The number of benzene rings is 1. The fourth-order valence-electron chi connectivity index (χ4n) is 3.06. The van der Waals surface area contributed by atoms with Crippen LogP contribution in [0.25, 0.3) is 0 Å². The maximum atomic E-state index is 9.90. The number of hydrogen-bond acceptors (Lipinski definition) is 6. The molecule has 2 aliphatic heterocycles. The lowest BCUT2D eigenvalue weighted by atomic mass is 9.89. The Hall–Kier alpha value is -1.65. The molecule has 6 heteroatoms. The molecule has 26 heavy (non-hydrogen) atoms. The van der Waals surface area contributed by atoms with Gasteiger partial charge < -0.3 is 14.7 Å². The van der Waals surface area contributed by atoms with Crippen LogP contribution >= 0.6 is 23.3 Å². The van der Waals surface area contributed by atoms with Crippen molar-refractivity contribution >= 4 is 29.0 Å². The van der Waals surface area contributed by atoms with Crippen LogP contribution in [-0.2, 0) is 4.74 Å². The Labute approximate surface area is 162 Å². The number of ether oxygens (including phenoxy) is 1. The second-order valence-electron chi connectivity index (χ2n) is 6.94. The third-order valence-corrected chi connectivity index (χ3v) is 6.73. The monoisotopic (exact) mass is 386 g/mol. The summed E-state index contributed by atoms with van der Waals surface area (Å²) in [5.41, 5.74) is 1.95. The molecule has 2 aliphatic rings. The molecule has 2 aromatic rings. The lowest BCUT2D eigenvalue weighted by Crippen LogP contribution is -2.43. The predicted octanol–water partition coefficient (Wildman–Crippen LogP) is 3.67.